The minimum atomic E-state index is 0.0234. The van der Waals surface area contributed by atoms with E-state index in [2.05, 4.69) is 39.5 Å². The van der Waals surface area contributed by atoms with Gasteiger partial charge in [0.1, 0.15) is 0 Å². The summed E-state index contributed by atoms with van der Waals surface area (Å²) in [6, 6.07) is 0.792. The minimum Gasteiger partial charge on any atom is -0.395 e. The fraction of sp³-hybridized carbons (Fsp3) is 1.00. The van der Waals surface area contributed by atoms with Gasteiger partial charge >= 0.3 is 0 Å². The van der Waals surface area contributed by atoms with Crippen molar-refractivity contribution in [1.82, 2.24) is 4.90 Å². The summed E-state index contributed by atoms with van der Waals surface area (Å²) in [6.07, 6.45) is 3.72. The van der Waals surface area contributed by atoms with E-state index < -0.39 is 0 Å². The van der Waals surface area contributed by atoms with E-state index in [0.717, 1.165) is 6.54 Å². The predicted molar refractivity (Wildman–Crippen MR) is 77.5 cm³/mol. The summed E-state index contributed by atoms with van der Waals surface area (Å²) >= 11 is 0. The zero-order valence-corrected chi connectivity index (χ0v) is 12.8. The number of aliphatic hydroxyl groups excluding tert-OH is 1. The molecule has 0 aromatic rings. The number of nitrogens with zero attached hydrogens (tertiary/aromatic N) is 1. The van der Waals surface area contributed by atoms with Crippen LogP contribution in [0.25, 0.3) is 0 Å². The number of hydrogen-bond donors (Lipinski definition) is 2. The van der Waals surface area contributed by atoms with Crippen molar-refractivity contribution in [3.8, 4) is 0 Å². The molecule has 1 rings (SSSR count). The van der Waals surface area contributed by atoms with E-state index >= 15 is 0 Å². The lowest BCUT2D eigenvalue weighted by Gasteiger charge is -2.40. The van der Waals surface area contributed by atoms with Gasteiger partial charge in [-0.05, 0) is 37.1 Å². The molecule has 0 bridgehead atoms. The first-order valence-corrected chi connectivity index (χ1v) is 7.39. The molecule has 3 N–H and O–H groups in total. The van der Waals surface area contributed by atoms with Crippen molar-refractivity contribution < 1.29 is 5.11 Å². The van der Waals surface area contributed by atoms with Crippen molar-refractivity contribution in [2.45, 2.75) is 72.0 Å². The zero-order chi connectivity index (χ0) is 13.9. The van der Waals surface area contributed by atoms with Crippen LogP contribution < -0.4 is 5.73 Å². The van der Waals surface area contributed by atoms with Crippen molar-refractivity contribution in [2.24, 2.45) is 17.1 Å². The number of aliphatic hydroxyl groups is 1. The lowest BCUT2D eigenvalue weighted by Crippen LogP contribution is -2.56. The van der Waals surface area contributed by atoms with Gasteiger partial charge in [0.15, 0.2) is 0 Å². The highest BCUT2D eigenvalue weighted by molar-refractivity contribution is 4.96. The molecule has 0 aromatic carbocycles. The molecule has 2 atom stereocenters. The lowest BCUT2D eigenvalue weighted by atomic mass is 9.82. The summed E-state index contributed by atoms with van der Waals surface area (Å²) in [7, 11) is 0. The van der Waals surface area contributed by atoms with Gasteiger partial charge in [0.25, 0.3) is 0 Å². The average molecular weight is 256 g/mol. The van der Waals surface area contributed by atoms with Gasteiger partial charge in [-0.25, -0.2) is 0 Å². The summed E-state index contributed by atoms with van der Waals surface area (Å²) in [4.78, 5) is 2.47. The van der Waals surface area contributed by atoms with Gasteiger partial charge in [-0.3, -0.25) is 4.90 Å². The molecule has 3 nitrogen and oxygen atoms in total. The quantitative estimate of drug-likeness (QED) is 0.734. The Hall–Kier alpha value is -0.120. The molecule has 1 aliphatic rings. The van der Waals surface area contributed by atoms with Crippen LogP contribution in [0.3, 0.4) is 0 Å². The maximum atomic E-state index is 9.75. The van der Waals surface area contributed by atoms with Gasteiger partial charge in [0.2, 0.25) is 0 Å². The molecule has 1 fully saturated rings. The molecule has 1 aliphatic carbocycles. The van der Waals surface area contributed by atoms with Crippen LogP contribution >= 0.6 is 0 Å². The summed E-state index contributed by atoms with van der Waals surface area (Å²) in [6.45, 7) is 12.2. The molecular weight excluding hydrogens is 224 g/mol. The van der Waals surface area contributed by atoms with Crippen molar-refractivity contribution in [3.05, 3.63) is 0 Å². The molecule has 0 aromatic heterocycles. The van der Waals surface area contributed by atoms with Crippen LogP contribution in [0.1, 0.15) is 53.9 Å². The first-order chi connectivity index (χ1) is 8.27. The molecule has 18 heavy (non-hydrogen) atoms. The SMILES string of the molecule is CC(C)CCN(C1CC1)C(CO)C(N)C(C)(C)C. The maximum Gasteiger partial charge on any atom is 0.0602 e. The third kappa shape index (κ3) is 4.52. The molecule has 0 radical (unpaired) electrons. The molecule has 0 spiro atoms. The second-order valence-electron chi connectivity index (χ2n) is 7.29. The monoisotopic (exact) mass is 256 g/mol. The summed E-state index contributed by atoms with van der Waals surface area (Å²) in [5.74, 6) is 0.705. The van der Waals surface area contributed by atoms with Gasteiger partial charge in [-0.1, -0.05) is 34.6 Å². The first kappa shape index (κ1) is 15.9. The Morgan fingerprint density at radius 1 is 1.28 bits per heavy atom. The van der Waals surface area contributed by atoms with E-state index in [1.165, 1.54) is 19.3 Å². The van der Waals surface area contributed by atoms with Crippen molar-refractivity contribution in [1.29, 1.82) is 0 Å². The summed E-state index contributed by atoms with van der Waals surface area (Å²) < 4.78 is 0. The van der Waals surface area contributed by atoms with E-state index in [4.69, 9.17) is 5.73 Å². The van der Waals surface area contributed by atoms with Gasteiger partial charge in [-0.15, -0.1) is 0 Å². The minimum absolute atomic E-state index is 0.0234. The Balaban J connectivity index is 2.68. The zero-order valence-electron chi connectivity index (χ0n) is 12.8. The third-order valence-corrected chi connectivity index (χ3v) is 4.01. The van der Waals surface area contributed by atoms with Crippen LogP contribution in [0, 0.1) is 11.3 Å². The van der Waals surface area contributed by atoms with Crippen molar-refractivity contribution >= 4 is 0 Å². The highest BCUT2D eigenvalue weighted by atomic mass is 16.3. The Bertz CT molecular complexity index is 243. The molecule has 0 amide bonds. The Morgan fingerprint density at radius 3 is 2.17 bits per heavy atom. The molecule has 1 saturated carbocycles. The van der Waals surface area contributed by atoms with Crippen LogP contribution in [0.4, 0.5) is 0 Å². The Kier molecular flexibility index (Phi) is 5.63. The second kappa shape index (κ2) is 6.36. The van der Waals surface area contributed by atoms with E-state index in [0.29, 0.717) is 12.0 Å². The van der Waals surface area contributed by atoms with Gasteiger partial charge in [0.05, 0.1) is 6.61 Å². The van der Waals surface area contributed by atoms with Gasteiger partial charge in [0, 0.05) is 18.1 Å². The Labute approximate surface area is 113 Å². The van der Waals surface area contributed by atoms with Crippen LogP contribution in [0.15, 0.2) is 0 Å². The lowest BCUT2D eigenvalue weighted by molar-refractivity contribution is 0.0616. The summed E-state index contributed by atoms with van der Waals surface area (Å²) in [5.41, 5.74) is 6.42. The highest BCUT2D eigenvalue weighted by Crippen LogP contribution is 2.32. The molecule has 3 heteroatoms. The van der Waals surface area contributed by atoms with Crippen LogP contribution in [0.2, 0.25) is 0 Å². The number of rotatable bonds is 7. The van der Waals surface area contributed by atoms with Gasteiger partial charge in [-0.2, -0.15) is 0 Å². The average Bonchev–Trinajstić information content (AvgIpc) is 3.05. The van der Waals surface area contributed by atoms with Crippen molar-refractivity contribution in [3.63, 3.8) is 0 Å². The largest absolute Gasteiger partial charge is 0.395 e. The highest BCUT2D eigenvalue weighted by Gasteiger charge is 2.39. The van der Waals surface area contributed by atoms with E-state index in [9.17, 15) is 5.11 Å². The van der Waals surface area contributed by atoms with Gasteiger partial charge < -0.3 is 10.8 Å². The fourth-order valence-electron chi connectivity index (χ4n) is 2.43. The molecule has 2 unspecified atom stereocenters. The van der Waals surface area contributed by atoms with Crippen LogP contribution in [0.5, 0.6) is 0 Å². The predicted octanol–water partition coefficient (Wildman–Crippen LogP) is 2.23. The van der Waals surface area contributed by atoms with E-state index in [1.807, 2.05) is 0 Å². The number of nitrogens with two attached hydrogens (primary N) is 1. The third-order valence-electron chi connectivity index (χ3n) is 4.01. The first-order valence-electron chi connectivity index (χ1n) is 7.39. The molecular formula is C15H32N2O. The maximum absolute atomic E-state index is 9.75. The molecule has 0 saturated heterocycles. The molecule has 0 heterocycles. The number of hydrogen-bond acceptors (Lipinski definition) is 3. The topological polar surface area (TPSA) is 49.5 Å². The fourth-order valence-corrected chi connectivity index (χ4v) is 2.43. The Morgan fingerprint density at radius 2 is 1.83 bits per heavy atom. The molecule has 0 aliphatic heterocycles. The molecule has 108 valence electrons. The smallest absolute Gasteiger partial charge is 0.0602 e. The van der Waals surface area contributed by atoms with Crippen molar-refractivity contribution in [2.75, 3.05) is 13.2 Å². The van der Waals surface area contributed by atoms with Crippen LogP contribution in [-0.4, -0.2) is 41.3 Å². The standard InChI is InChI=1S/C15H32N2O/c1-11(2)8-9-17(12-6-7-12)13(10-18)14(16)15(3,4)5/h11-14,18H,6-10,16H2,1-5H3. The second-order valence-corrected chi connectivity index (χ2v) is 7.29. The summed E-state index contributed by atoms with van der Waals surface area (Å²) in [5, 5.41) is 9.75. The van der Waals surface area contributed by atoms with Crippen LogP contribution in [-0.2, 0) is 0 Å². The normalized spacial score (nSPS) is 20.5. The van der Waals surface area contributed by atoms with E-state index in [-0.39, 0.29) is 24.1 Å². The van der Waals surface area contributed by atoms with E-state index in [1.54, 1.807) is 0 Å².